The van der Waals surface area contributed by atoms with Crippen LogP contribution in [0.25, 0.3) is 0 Å². The number of nitrogens with one attached hydrogen (secondary N) is 1. The van der Waals surface area contributed by atoms with Crippen molar-refractivity contribution >= 4 is 12.4 Å². The van der Waals surface area contributed by atoms with Crippen LogP contribution in [0, 0.1) is 0 Å². The fourth-order valence-electron chi connectivity index (χ4n) is 3.17. The van der Waals surface area contributed by atoms with Crippen molar-refractivity contribution in [3.05, 3.63) is 65.7 Å². The molecular formula is C19H21ClF3NO3. The second-order valence-corrected chi connectivity index (χ2v) is 6.19. The topological polar surface area (TPSA) is 50.7 Å². The van der Waals surface area contributed by atoms with Crippen LogP contribution < -0.4 is 10.1 Å². The number of para-hydroxylation sites is 1. The van der Waals surface area contributed by atoms with E-state index in [4.69, 9.17) is 4.74 Å². The molecule has 4 nitrogen and oxygen atoms in total. The average molecular weight is 404 g/mol. The number of rotatable bonds is 5. The third kappa shape index (κ3) is 5.35. The summed E-state index contributed by atoms with van der Waals surface area (Å²) >= 11 is 0. The fraction of sp³-hybridized carbons (Fsp3) is 0.368. The molecule has 0 amide bonds. The number of benzene rings is 2. The van der Waals surface area contributed by atoms with Crippen molar-refractivity contribution in [2.45, 2.75) is 24.5 Å². The highest BCUT2D eigenvalue weighted by Gasteiger charge is 2.41. The number of alkyl halides is 3. The van der Waals surface area contributed by atoms with Gasteiger partial charge in [-0.05, 0) is 17.2 Å². The van der Waals surface area contributed by atoms with Gasteiger partial charge in [0.25, 0.3) is 0 Å². The van der Waals surface area contributed by atoms with Crippen LogP contribution in [0.2, 0.25) is 0 Å². The third-order valence-electron chi connectivity index (χ3n) is 4.39. The molecule has 1 fully saturated rings. The Morgan fingerprint density at radius 2 is 1.74 bits per heavy atom. The molecule has 2 aromatic rings. The van der Waals surface area contributed by atoms with Gasteiger partial charge in [-0.1, -0.05) is 48.5 Å². The normalized spacial score (nSPS) is 19.6. The number of morpholine rings is 1. The van der Waals surface area contributed by atoms with Crippen molar-refractivity contribution in [2.75, 3.05) is 19.7 Å². The zero-order valence-corrected chi connectivity index (χ0v) is 15.2. The van der Waals surface area contributed by atoms with Gasteiger partial charge in [0.15, 0.2) is 0 Å². The summed E-state index contributed by atoms with van der Waals surface area (Å²) in [5, 5.41) is 14.6. The van der Waals surface area contributed by atoms with Crippen LogP contribution in [0.5, 0.6) is 5.75 Å². The lowest BCUT2D eigenvalue weighted by Gasteiger charge is -2.39. The van der Waals surface area contributed by atoms with Crippen LogP contribution in [0.1, 0.15) is 11.1 Å². The fourth-order valence-corrected chi connectivity index (χ4v) is 3.17. The average Bonchev–Trinajstić information content (AvgIpc) is 2.63. The minimum Gasteiger partial charge on any atom is -0.406 e. The van der Waals surface area contributed by atoms with Crippen LogP contribution in [0.4, 0.5) is 13.2 Å². The maximum atomic E-state index is 12.7. The van der Waals surface area contributed by atoms with Crippen molar-refractivity contribution in [3.8, 4) is 5.75 Å². The summed E-state index contributed by atoms with van der Waals surface area (Å²) in [5.74, 6) is -0.321. The Labute approximate surface area is 161 Å². The maximum Gasteiger partial charge on any atom is 0.573 e. The van der Waals surface area contributed by atoms with Gasteiger partial charge in [-0.2, -0.15) is 0 Å². The summed E-state index contributed by atoms with van der Waals surface area (Å²) < 4.78 is 48.0. The summed E-state index contributed by atoms with van der Waals surface area (Å²) in [6.45, 7) is 1.48. The van der Waals surface area contributed by atoms with Gasteiger partial charge in [-0.15, -0.1) is 25.6 Å². The molecule has 0 aliphatic carbocycles. The first-order valence-corrected chi connectivity index (χ1v) is 8.32. The Morgan fingerprint density at radius 1 is 1.07 bits per heavy atom. The molecule has 1 aliphatic rings. The quantitative estimate of drug-likeness (QED) is 0.803. The van der Waals surface area contributed by atoms with Crippen molar-refractivity contribution in [1.29, 1.82) is 0 Å². The van der Waals surface area contributed by atoms with Crippen LogP contribution in [0.15, 0.2) is 54.6 Å². The van der Waals surface area contributed by atoms with Crippen molar-refractivity contribution in [1.82, 2.24) is 5.32 Å². The Morgan fingerprint density at radius 3 is 2.37 bits per heavy atom. The second-order valence-electron chi connectivity index (χ2n) is 6.19. The molecule has 1 saturated heterocycles. The molecule has 0 bridgehead atoms. The molecule has 3 rings (SSSR count). The zero-order chi connectivity index (χ0) is 18.6. The highest BCUT2D eigenvalue weighted by Crippen LogP contribution is 2.36. The predicted octanol–water partition coefficient (Wildman–Crippen LogP) is 3.43. The van der Waals surface area contributed by atoms with E-state index < -0.39 is 18.1 Å². The Hall–Kier alpha value is -1.80. The molecule has 0 saturated carbocycles. The van der Waals surface area contributed by atoms with E-state index in [-0.39, 0.29) is 30.1 Å². The molecule has 1 aliphatic heterocycles. The summed E-state index contributed by atoms with van der Waals surface area (Å²) in [7, 11) is 0. The smallest absolute Gasteiger partial charge is 0.406 e. The van der Waals surface area contributed by atoms with E-state index in [1.165, 1.54) is 18.2 Å². The van der Waals surface area contributed by atoms with E-state index >= 15 is 0 Å². The molecule has 0 aromatic heterocycles. The van der Waals surface area contributed by atoms with Gasteiger partial charge in [0.05, 0.1) is 6.61 Å². The van der Waals surface area contributed by atoms with E-state index in [9.17, 15) is 18.3 Å². The van der Waals surface area contributed by atoms with E-state index in [2.05, 4.69) is 10.1 Å². The van der Waals surface area contributed by atoms with E-state index in [1.807, 2.05) is 6.07 Å². The molecule has 0 radical (unpaired) electrons. The lowest BCUT2D eigenvalue weighted by Crippen LogP contribution is -2.52. The number of hydrogen-bond donors (Lipinski definition) is 2. The number of ether oxygens (including phenoxy) is 2. The van der Waals surface area contributed by atoms with Crippen LogP contribution in [-0.4, -0.2) is 37.3 Å². The lowest BCUT2D eigenvalue weighted by molar-refractivity contribution is -0.275. The van der Waals surface area contributed by atoms with Crippen LogP contribution >= 0.6 is 12.4 Å². The molecule has 8 heteroatoms. The summed E-state index contributed by atoms with van der Waals surface area (Å²) in [6, 6.07) is 14.7. The Bertz CT molecular complexity index is 724. The standard InChI is InChI=1S/C19H20F3NO3.ClH/c20-19(21,22)26-16-9-5-4-6-14(16)12-18(24,15-7-2-1-3-8-15)17-13-23-10-11-25-17;/h1-9,17,23-24H,10-13H2;1H. The van der Waals surface area contributed by atoms with Gasteiger partial charge < -0.3 is 19.9 Å². The number of hydrogen-bond acceptors (Lipinski definition) is 4. The zero-order valence-electron chi connectivity index (χ0n) is 14.4. The summed E-state index contributed by atoms with van der Waals surface area (Å²) in [4.78, 5) is 0. The molecule has 27 heavy (non-hydrogen) atoms. The first kappa shape index (κ1) is 21.5. The minimum absolute atomic E-state index is 0. The molecule has 2 aromatic carbocycles. The van der Waals surface area contributed by atoms with Crippen molar-refractivity contribution in [3.63, 3.8) is 0 Å². The first-order chi connectivity index (χ1) is 12.4. The highest BCUT2D eigenvalue weighted by atomic mass is 35.5. The Balaban J connectivity index is 0.00000261. The van der Waals surface area contributed by atoms with Gasteiger partial charge in [0.2, 0.25) is 0 Å². The van der Waals surface area contributed by atoms with Gasteiger partial charge in [0.1, 0.15) is 17.5 Å². The SMILES string of the molecule is Cl.OC(Cc1ccccc1OC(F)(F)F)(c1ccccc1)C1CNCCO1. The van der Waals surface area contributed by atoms with Gasteiger partial charge >= 0.3 is 6.36 Å². The molecular weight excluding hydrogens is 383 g/mol. The van der Waals surface area contributed by atoms with Crippen molar-refractivity contribution < 1.29 is 27.8 Å². The minimum atomic E-state index is -4.80. The van der Waals surface area contributed by atoms with Crippen LogP contribution in [0.3, 0.4) is 0 Å². The third-order valence-corrected chi connectivity index (χ3v) is 4.39. The van der Waals surface area contributed by atoms with E-state index in [0.717, 1.165) is 0 Å². The molecule has 2 atom stereocenters. The molecule has 1 heterocycles. The molecule has 148 valence electrons. The van der Waals surface area contributed by atoms with E-state index in [1.54, 1.807) is 30.3 Å². The second kappa shape index (κ2) is 8.93. The predicted molar refractivity (Wildman–Crippen MR) is 97.0 cm³/mol. The first-order valence-electron chi connectivity index (χ1n) is 8.32. The summed E-state index contributed by atoms with van der Waals surface area (Å²) in [5.41, 5.74) is -0.666. The summed E-state index contributed by atoms with van der Waals surface area (Å²) in [6.07, 6.45) is -5.47. The molecule has 2 N–H and O–H groups in total. The molecule has 2 unspecified atom stereocenters. The maximum absolute atomic E-state index is 12.7. The van der Waals surface area contributed by atoms with E-state index in [0.29, 0.717) is 25.3 Å². The van der Waals surface area contributed by atoms with Gasteiger partial charge in [-0.3, -0.25) is 0 Å². The van der Waals surface area contributed by atoms with Gasteiger partial charge in [-0.25, -0.2) is 0 Å². The molecule has 0 spiro atoms. The van der Waals surface area contributed by atoms with Crippen LogP contribution in [-0.2, 0) is 16.8 Å². The number of aliphatic hydroxyl groups is 1. The largest absolute Gasteiger partial charge is 0.573 e. The Kier molecular flexibility index (Phi) is 7.11. The van der Waals surface area contributed by atoms with Gasteiger partial charge in [0, 0.05) is 19.5 Å². The monoisotopic (exact) mass is 403 g/mol. The lowest BCUT2D eigenvalue weighted by atomic mass is 9.81. The highest BCUT2D eigenvalue weighted by molar-refractivity contribution is 5.85. The van der Waals surface area contributed by atoms with Crippen molar-refractivity contribution in [2.24, 2.45) is 0 Å². The number of halogens is 4.